The van der Waals surface area contributed by atoms with E-state index < -0.39 is 12.1 Å². The molecule has 0 radical (unpaired) electrons. The zero-order valence-electron chi connectivity index (χ0n) is 11.9. The van der Waals surface area contributed by atoms with Gasteiger partial charge in [0.25, 0.3) is 0 Å². The summed E-state index contributed by atoms with van der Waals surface area (Å²) in [5.74, 6) is -0.0762. The van der Waals surface area contributed by atoms with E-state index in [1.54, 1.807) is 19.0 Å². The second-order valence-corrected chi connectivity index (χ2v) is 5.10. The monoisotopic (exact) mass is 276 g/mol. The number of amides is 2. The Morgan fingerprint density at radius 2 is 2.05 bits per heavy atom. The third-order valence-corrected chi connectivity index (χ3v) is 3.38. The number of hydrogen-bond donors (Lipinski definition) is 0. The molecule has 1 heterocycles. The van der Waals surface area contributed by atoms with Crippen LogP contribution in [0.5, 0.6) is 0 Å². The summed E-state index contributed by atoms with van der Waals surface area (Å²) in [6, 6.07) is 9.22. The van der Waals surface area contributed by atoms with E-state index >= 15 is 0 Å². The molecule has 1 atom stereocenters. The molecular weight excluding hydrogens is 256 g/mol. The minimum absolute atomic E-state index is 0.0762. The maximum Gasteiger partial charge on any atom is 0.410 e. The molecule has 0 bridgehead atoms. The van der Waals surface area contributed by atoms with Gasteiger partial charge in [-0.15, -0.1) is 0 Å². The molecule has 1 fully saturated rings. The van der Waals surface area contributed by atoms with Crippen LogP contribution in [0.1, 0.15) is 12.0 Å². The van der Waals surface area contributed by atoms with E-state index in [1.165, 1.54) is 4.90 Å². The summed E-state index contributed by atoms with van der Waals surface area (Å²) in [6.07, 6.45) is 0.873. The SMILES string of the molecule is CN(C)C(=O)C(Cc1ccccc1)N1CCCOC1=O. The Morgan fingerprint density at radius 1 is 1.35 bits per heavy atom. The largest absolute Gasteiger partial charge is 0.449 e. The Hall–Kier alpha value is -2.04. The maximum atomic E-state index is 12.4. The number of hydrogen-bond acceptors (Lipinski definition) is 3. The van der Waals surface area contributed by atoms with Gasteiger partial charge in [-0.3, -0.25) is 9.69 Å². The normalized spacial score (nSPS) is 16.5. The van der Waals surface area contributed by atoms with Gasteiger partial charge in [0.1, 0.15) is 6.04 Å². The van der Waals surface area contributed by atoms with E-state index in [2.05, 4.69) is 0 Å². The highest BCUT2D eigenvalue weighted by Crippen LogP contribution is 2.16. The van der Waals surface area contributed by atoms with Crippen LogP contribution in [0.15, 0.2) is 30.3 Å². The molecule has 1 aromatic rings. The van der Waals surface area contributed by atoms with Crippen molar-refractivity contribution in [2.24, 2.45) is 0 Å². The Labute approximate surface area is 119 Å². The molecule has 2 amide bonds. The summed E-state index contributed by atoms with van der Waals surface area (Å²) in [4.78, 5) is 27.3. The molecular formula is C15H20N2O3. The summed E-state index contributed by atoms with van der Waals surface area (Å²) in [6.45, 7) is 0.999. The zero-order chi connectivity index (χ0) is 14.5. The number of benzene rings is 1. The minimum atomic E-state index is -0.500. The fraction of sp³-hybridized carbons (Fsp3) is 0.467. The van der Waals surface area contributed by atoms with E-state index in [9.17, 15) is 9.59 Å². The molecule has 1 aromatic carbocycles. The Bertz CT molecular complexity index is 473. The van der Waals surface area contributed by atoms with Crippen molar-refractivity contribution >= 4 is 12.0 Å². The highest BCUT2D eigenvalue weighted by atomic mass is 16.6. The Balaban J connectivity index is 2.20. The van der Waals surface area contributed by atoms with Crippen LogP contribution >= 0.6 is 0 Å². The van der Waals surface area contributed by atoms with Crippen LogP contribution in [-0.2, 0) is 16.0 Å². The quantitative estimate of drug-likeness (QED) is 0.838. The van der Waals surface area contributed by atoms with Crippen LogP contribution < -0.4 is 0 Å². The molecule has 0 aliphatic carbocycles. The summed E-state index contributed by atoms with van der Waals surface area (Å²) < 4.78 is 5.06. The summed E-state index contributed by atoms with van der Waals surface area (Å²) >= 11 is 0. The fourth-order valence-corrected chi connectivity index (χ4v) is 2.32. The van der Waals surface area contributed by atoms with Gasteiger partial charge in [0.2, 0.25) is 5.91 Å². The van der Waals surface area contributed by atoms with Gasteiger partial charge in [0.05, 0.1) is 6.61 Å². The van der Waals surface area contributed by atoms with Crippen molar-refractivity contribution in [2.45, 2.75) is 18.9 Å². The number of cyclic esters (lactones) is 1. The van der Waals surface area contributed by atoms with Gasteiger partial charge < -0.3 is 9.64 Å². The Kier molecular flexibility index (Phi) is 4.61. The van der Waals surface area contributed by atoms with Gasteiger partial charge in [-0.25, -0.2) is 4.79 Å². The second-order valence-electron chi connectivity index (χ2n) is 5.10. The highest BCUT2D eigenvalue weighted by molar-refractivity contribution is 5.85. The predicted octanol–water partition coefficient (Wildman–Crippen LogP) is 1.53. The summed E-state index contributed by atoms with van der Waals surface area (Å²) in [5.41, 5.74) is 1.03. The van der Waals surface area contributed by atoms with Crippen LogP contribution in [0.25, 0.3) is 0 Å². The standard InChI is InChI=1S/C15H20N2O3/c1-16(2)14(18)13(11-12-7-4-3-5-8-12)17-9-6-10-20-15(17)19/h3-5,7-8,13H,6,9-11H2,1-2H3. The highest BCUT2D eigenvalue weighted by Gasteiger charge is 2.33. The van der Waals surface area contributed by atoms with Crippen LogP contribution in [-0.4, -0.2) is 55.1 Å². The average molecular weight is 276 g/mol. The molecule has 0 aromatic heterocycles. The molecule has 2 rings (SSSR count). The maximum absolute atomic E-state index is 12.4. The van der Waals surface area contributed by atoms with Crippen molar-refractivity contribution in [3.8, 4) is 0 Å². The van der Waals surface area contributed by atoms with E-state index in [4.69, 9.17) is 4.74 Å². The molecule has 1 unspecified atom stereocenters. The first-order valence-corrected chi connectivity index (χ1v) is 6.78. The second kappa shape index (κ2) is 6.41. The zero-order valence-corrected chi connectivity index (χ0v) is 11.9. The van der Waals surface area contributed by atoms with Gasteiger partial charge in [-0.05, 0) is 12.0 Å². The minimum Gasteiger partial charge on any atom is -0.449 e. The first-order valence-electron chi connectivity index (χ1n) is 6.78. The molecule has 0 N–H and O–H groups in total. The van der Waals surface area contributed by atoms with Crippen molar-refractivity contribution in [2.75, 3.05) is 27.2 Å². The van der Waals surface area contributed by atoms with Crippen molar-refractivity contribution in [1.82, 2.24) is 9.80 Å². The van der Waals surface area contributed by atoms with Crippen molar-refractivity contribution in [3.05, 3.63) is 35.9 Å². The molecule has 20 heavy (non-hydrogen) atoms. The van der Waals surface area contributed by atoms with Gasteiger partial charge in [0, 0.05) is 27.1 Å². The number of likely N-dealkylation sites (N-methyl/N-ethyl adjacent to an activating group) is 1. The Morgan fingerprint density at radius 3 is 2.65 bits per heavy atom. The molecule has 0 spiro atoms. The molecule has 5 nitrogen and oxygen atoms in total. The van der Waals surface area contributed by atoms with Crippen molar-refractivity contribution < 1.29 is 14.3 Å². The molecule has 0 saturated carbocycles. The fourth-order valence-electron chi connectivity index (χ4n) is 2.32. The first kappa shape index (κ1) is 14.4. The van der Waals surface area contributed by atoms with Crippen LogP contribution in [0.3, 0.4) is 0 Å². The van der Waals surface area contributed by atoms with Gasteiger partial charge in [-0.1, -0.05) is 30.3 Å². The number of ether oxygens (including phenoxy) is 1. The average Bonchev–Trinajstić information content (AvgIpc) is 2.46. The number of carbonyl (C=O) groups is 2. The van der Waals surface area contributed by atoms with Gasteiger partial charge in [-0.2, -0.15) is 0 Å². The summed E-state index contributed by atoms with van der Waals surface area (Å²) in [7, 11) is 3.41. The van der Waals surface area contributed by atoms with Crippen LogP contribution in [0.2, 0.25) is 0 Å². The third kappa shape index (κ3) is 3.29. The lowest BCUT2D eigenvalue weighted by molar-refractivity contribution is -0.134. The number of carbonyl (C=O) groups excluding carboxylic acids is 2. The van der Waals surface area contributed by atoms with Gasteiger partial charge >= 0.3 is 6.09 Å². The van der Waals surface area contributed by atoms with Crippen LogP contribution in [0.4, 0.5) is 4.79 Å². The molecule has 1 aliphatic rings. The third-order valence-electron chi connectivity index (χ3n) is 3.38. The molecule has 5 heteroatoms. The van der Waals surface area contributed by atoms with E-state index in [0.29, 0.717) is 19.6 Å². The lowest BCUT2D eigenvalue weighted by Crippen LogP contribution is -2.52. The molecule has 1 saturated heterocycles. The number of nitrogens with zero attached hydrogens (tertiary/aromatic N) is 2. The van der Waals surface area contributed by atoms with Crippen molar-refractivity contribution in [3.63, 3.8) is 0 Å². The summed E-state index contributed by atoms with van der Waals surface area (Å²) in [5, 5.41) is 0. The molecule has 1 aliphatic heterocycles. The first-order chi connectivity index (χ1) is 9.59. The topological polar surface area (TPSA) is 49.9 Å². The van der Waals surface area contributed by atoms with Crippen molar-refractivity contribution in [1.29, 1.82) is 0 Å². The lowest BCUT2D eigenvalue weighted by atomic mass is 10.0. The van der Waals surface area contributed by atoms with Crippen LogP contribution in [0, 0.1) is 0 Å². The smallest absolute Gasteiger partial charge is 0.410 e. The van der Waals surface area contributed by atoms with E-state index in [1.807, 2.05) is 30.3 Å². The predicted molar refractivity (Wildman–Crippen MR) is 75.3 cm³/mol. The van der Waals surface area contributed by atoms with E-state index in [-0.39, 0.29) is 5.91 Å². The lowest BCUT2D eigenvalue weighted by Gasteiger charge is -2.34. The van der Waals surface area contributed by atoms with E-state index in [0.717, 1.165) is 12.0 Å². The van der Waals surface area contributed by atoms with Gasteiger partial charge in [0.15, 0.2) is 0 Å². The molecule has 108 valence electrons. The number of rotatable bonds is 4.